The maximum atomic E-state index is 12.8. The topological polar surface area (TPSA) is 68.2 Å². The van der Waals surface area contributed by atoms with Crippen LogP contribution in [0, 0.1) is 6.92 Å². The summed E-state index contributed by atoms with van der Waals surface area (Å²) < 4.78 is 44.3. The monoisotopic (exact) mass is 390 g/mol. The van der Waals surface area contributed by atoms with Crippen molar-refractivity contribution in [2.45, 2.75) is 19.6 Å². The average molecular weight is 391 g/mol. The molecule has 0 saturated heterocycles. The minimum absolute atomic E-state index is 0.0884. The number of anilines is 1. The first-order valence-corrected chi connectivity index (χ1v) is 8.05. The molecule has 0 radical (unpaired) electrons. The summed E-state index contributed by atoms with van der Waals surface area (Å²) in [6.07, 6.45) is -4.66. The molecular weight excluding hydrogens is 373 g/mol. The number of carbonyl (C=O) groups excluding carboxylic acids is 1. The number of amides is 1. The Hall–Kier alpha value is -2.42. The molecule has 6 nitrogen and oxygen atoms in total. The van der Waals surface area contributed by atoms with Gasteiger partial charge in [0.05, 0.1) is 17.8 Å². The number of nitrogens with zero attached hydrogens (tertiary/aromatic N) is 2. The molecule has 2 rings (SSSR count). The van der Waals surface area contributed by atoms with Crippen LogP contribution in [0.2, 0.25) is 5.02 Å². The van der Waals surface area contributed by atoms with Crippen molar-refractivity contribution in [3.05, 3.63) is 40.7 Å². The Bertz CT molecular complexity index is 760. The van der Waals surface area contributed by atoms with Crippen molar-refractivity contribution in [2.24, 2.45) is 0 Å². The predicted molar refractivity (Wildman–Crippen MR) is 91.5 cm³/mol. The van der Waals surface area contributed by atoms with E-state index in [0.717, 1.165) is 16.1 Å². The molecule has 2 N–H and O–H groups in total. The zero-order valence-electron chi connectivity index (χ0n) is 14.2. The number of rotatable bonds is 7. The van der Waals surface area contributed by atoms with E-state index in [1.54, 1.807) is 19.2 Å². The number of benzene rings is 1. The van der Waals surface area contributed by atoms with Crippen molar-refractivity contribution in [3.8, 4) is 5.75 Å². The molecule has 0 spiro atoms. The van der Waals surface area contributed by atoms with Crippen LogP contribution in [0.3, 0.4) is 0 Å². The van der Waals surface area contributed by atoms with E-state index in [1.807, 2.05) is 12.1 Å². The quantitative estimate of drug-likeness (QED) is 0.713. The Labute approximate surface area is 153 Å². The van der Waals surface area contributed by atoms with Crippen LogP contribution < -0.4 is 15.4 Å². The number of hydrogen-bond acceptors (Lipinski definition) is 4. The molecule has 0 unspecified atom stereocenters. The van der Waals surface area contributed by atoms with Gasteiger partial charge in [-0.3, -0.25) is 9.48 Å². The third-order valence-corrected chi connectivity index (χ3v) is 4.01. The van der Waals surface area contributed by atoms with Gasteiger partial charge in [-0.1, -0.05) is 11.6 Å². The molecule has 0 saturated carbocycles. The maximum absolute atomic E-state index is 12.8. The van der Waals surface area contributed by atoms with Gasteiger partial charge in [0.25, 0.3) is 0 Å². The van der Waals surface area contributed by atoms with Gasteiger partial charge in [-0.25, -0.2) is 0 Å². The molecule has 0 bridgehead atoms. The average Bonchev–Trinajstić information content (AvgIpc) is 2.88. The van der Waals surface area contributed by atoms with E-state index >= 15 is 0 Å². The van der Waals surface area contributed by atoms with Gasteiger partial charge in [-0.2, -0.15) is 18.3 Å². The fourth-order valence-electron chi connectivity index (χ4n) is 2.17. The molecule has 0 aliphatic heterocycles. The number of nitrogens with one attached hydrogen (secondary N) is 2. The normalized spacial score (nSPS) is 11.3. The van der Waals surface area contributed by atoms with E-state index in [-0.39, 0.29) is 12.2 Å². The summed E-state index contributed by atoms with van der Waals surface area (Å²) in [6, 6.07) is 7.25. The lowest BCUT2D eigenvalue weighted by molar-refractivity contribution is -0.141. The molecule has 0 atom stereocenters. The number of carbonyl (C=O) groups is 1. The summed E-state index contributed by atoms with van der Waals surface area (Å²) in [5.41, 5.74) is -0.249. The summed E-state index contributed by atoms with van der Waals surface area (Å²) >= 11 is 5.64. The molecule has 1 heterocycles. The SMILES string of the molecule is COc1ccc(NCCNC(=O)Cn2nc(C(F)(F)F)c(Cl)c2C)cc1. The second-order valence-electron chi connectivity index (χ2n) is 5.41. The van der Waals surface area contributed by atoms with Crippen LogP contribution in [0.5, 0.6) is 5.75 Å². The largest absolute Gasteiger partial charge is 0.497 e. The Morgan fingerprint density at radius 2 is 1.92 bits per heavy atom. The minimum Gasteiger partial charge on any atom is -0.497 e. The van der Waals surface area contributed by atoms with Crippen molar-refractivity contribution < 1.29 is 22.7 Å². The van der Waals surface area contributed by atoms with E-state index in [0.29, 0.717) is 13.1 Å². The standard InChI is InChI=1S/C16H18ClF3N4O2/c1-10-14(17)15(16(18,19)20)23-24(10)9-13(25)22-8-7-21-11-3-5-12(26-2)6-4-11/h3-6,21H,7-9H2,1-2H3,(H,22,25). The fraction of sp³-hybridized carbons (Fsp3) is 0.375. The smallest absolute Gasteiger partial charge is 0.436 e. The van der Waals surface area contributed by atoms with E-state index in [4.69, 9.17) is 16.3 Å². The van der Waals surface area contributed by atoms with Gasteiger partial charge in [0, 0.05) is 18.8 Å². The summed E-state index contributed by atoms with van der Waals surface area (Å²) in [7, 11) is 1.57. The molecule has 1 aromatic heterocycles. The Morgan fingerprint density at radius 3 is 2.46 bits per heavy atom. The third-order valence-electron chi connectivity index (χ3n) is 3.56. The molecular formula is C16H18ClF3N4O2. The summed E-state index contributed by atoms with van der Waals surface area (Å²) in [5, 5.41) is 8.59. The van der Waals surface area contributed by atoms with Crippen LogP contribution in [0.15, 0.2) is 24.3 Å². The Balaban J connectivity index is 1.82. The molecule has 0 aliphatic carbocycles. The van der Waals surface area contributed by atoms with Crippen LogP contribution in [0.4, 0.5) is 18.9 Å². The predicted octanol–water partition coefficient (Wildman–Crippen LogP) is 3.10. The molecule has 142 valence electrons. The molecule has 0 aliphatic rings. The van der Waals surface area contributed by atoms with Gasteiger partial charge in [-0.05, 0) is 31.2 Å². The molecule has 2 aromatic rings. The highest BCUT2D eigenvalue weighted by molar-refractivity contribution is 6.32. The fourth-order valence-corrected chi connectivity index (χ4v) is 2.41. The van der Waals surface area contributed by atoms with Gasteiger partial charge < -0.3 is 15.4 Å². The first-order valence-electron chi connectivity index (χ1n) is 7.67. The van der Waals surface area contributed by atoms with Crippen LogP contribution in [-0.4, -0.2) is 35.9 Å². The molecule has 0 fully saturated rings. The molecule has 10 heteroatoms. The van der Waals surface area contributed by atoms with Crippen molar-refractivity contribution in [2.75, 3.05) is 25.5 Å². The van der Waals surface area contributed by atoms with Crippen molar-refractivity contribution in [1.29, 1.82) is 0 Å². The first kappa shape index (κ1) is 19.9. The molecule has 26 heavy (non-hydrogen) atoms. The second-order valence-corrected chi connectivity index (χ2v) is 5.79. The van der Waals surface area contributed by atoms with E-state index in [9.17, 15) is 18.0 Å². The van der Waals surface area contributed by atoms with Crippen LogP contribution in [-0.2, 0) is 17.5 Å². The second kappa shape index (κ2) is 8.31. The van der Waals surface area contributed by atoms with E-state index in [2.05, 4.69) is 15.7 Å². The maximum Gasteiger partial charge on any atom is 0.436 e. The lowest BCUT2D eigenvalue weighted by Crippen LogP contribution is -2.32. The summed E-state index contributed by atoms with van der Waals surface area (Å²) in [4.78, 5) is 11.9. The van der Waals surface area contributed by atoms with E-state index < -0.39 is 22.8 Å². The Kier molecular flexibility index (Phi) is 6.36. The molecule has 1 aromatic carbocycles. The minimum atomic E-state index is -4.66. The van der Waals surface area contributed by atoms with Gasteiger partial charge >= 0.3 is 6.18 Å². The number of alkyl halides is 3. The van der Waals surface area contributed by atoms with E-state index in [1.165, 1.54) is 6.92 Å². The van der Waals surface area contributed by atoms with Gasteiger partial charge in [-0.15, -0.1) is 0 Å². The number of aromatic nitrogens is 2. The zero-order chi connectivity index (χ0) is 19.3. The van der Waals surface area contributed by atoms with Crippen LogP contribution >= 0.6 is 11.6 Å². The van der Waals surface area contributed by atoms with Gasteiger partial charge in [0.2, 0.25) is 5.91 Å². The number of ether oxygens (including phenoxy) is 1. The number of hydrogen-bond donors (Lipinski definition) is 2. The van der Waals surface area contributed by atoms with Gasteiger partial charge in [0.15, 0.2) is 5.69 Å². The zero-order valence-corrected chi connectivity index (χ0v) is 14.9. The summed E-state index contributed by atoms with van der Waals surface area (Å²) in [5.74, 6) is 0.271. The van der Waals surface area contributed by atoms with Crippen LogP contribution in [0.1, 0.15) is 11.4 Å². The van der Waals surface area contributed by atoms with Crippen molar-refractivity contribution >= 4 is 23.2 Å². The number of methoxy groups -OCH3 is 1. The highest BCUT2D eigenvalue weighted by atomic mass is 35.5. The lowest BCUT2D eigenvalue weighted by atomic mass is 10.3. The highest BCUT2D eigenvalue weighted by Gasteiger charge is 2.38. The lowest BCUT2D eigenvalue weighted by Gasteiger charge is -2.09. The van der Waals surface area contributed by atoms with Crippen LogP contribution in [0.25, 0.3) is 0 Å². The highest BCUT2D eigenvalue weighted by Crippen LogP contribution is 2.35. The molecule has 1 amide bonds. The third kappa shape index (κ3) is 5.04. The number of halogens is 4. The van der Waals surface area contributed by atoms with Crippen molar-refractivity contribution in [3.63, 3.8) is 0 Å². The van der Waals surface area contributed by atoms with Crippen molar-refractivity contribution in [1.82, 2.24) is 15.1 Å². The van der Waals surface area contributed by atoms with Gasteiger partial charge in [0.1, 0.15) is 12.3 Å². The first-order chi connectivity index (χ1) is 12.2. The Morgan fingerprint density at radius 1 is 1.27 bits per heavy atom. The summed E-state index contributed by atoms with van der Waals surface area (Å²) in [6.45, 7) is 1.78.